The maximum atomic E-state index is 12.4. The fourth-order valence-corrected chi connectivity index (χ4v) is 3.20. The van der Waals surface area contributed by atoms with Gasteiger partial charge in [-0.3, -0.25) is 4.79 Å². The van der Waals surface area contributed by atoms with Crippen LogP contribution in [0.2, 0.25) is 0 Å². The zero-order valence-corrected chi connectivity index (χ0v) is 13.4. The second-order valence-corrected chi connectivity index (χ2v) is 6.33. The molecule has 0 aliphatic carbocycles. The lowest BCUT2D eigenvalue weighted by Crippen LogP contribution is -2.06. The first-order valence-corrected chi connectivity index (χ1v) is 8.18. The molecule has 0 bridgehead atoms. The van der Waals surface area contributed by atoms with E-state index in [9.17, 15) is 4.79 Å². The van der Waals surface area contributed by atoms with Crippen molar-refractivity contribution in [2.75, 3.05) is 5.75 Å². The molecule has 5 heteroatoms. The van der Waals surface area contributed by atoms with Crippen LogP contribution in [0.4, 0.5) is 0 Å². The topological polar surface area (TPSA) is 47.8 Å². The highest BCUT2D eigenvalue weighted by atomic mass is 32.2. The number of benzene rings is 2. The SMILES string of the molecule is CC(C)n1cnnc1SCC(=O)c1ccc2ccccc2c1. The number of fused-ring (bicyclic) bond motifs is 1. The van der Waals surface area contributed by atoms with Crippen LogP contribution in [-0.2, 0) is 0 Å². The summed E-state index contributed by atoms with van der Waals surface area (Å²) in [6.45, 7) is 4.14. The highest BCUT2D eigenvalue weighted by molar-refractivity contribution is 7.99. The van der Waals surface area contributed by atoms with Crippen molar-refractivity contribution in [2.45, 2.75) is 25.0 Å². The summed E-state index contributed by atoms with van der Waals surface area (Å²) in [6, 6.07) is 14.2. The number of hydrogen-bond acceptors (Lipinski definition) is 4. The van der Waals surface area contributed by atoms with Crippen LogP contribution in [0, 0.1) is 0 Å². The molecule has 1 aromatic heterocycles. The lowest BCUT2D eigenvalue weighted by molar-refractivity contribution is 0.102. The van der Waals surface area contributed by atoms with Gasteiger partial charge in [-0.1, -0.05) is 48.2 Å². The Morgan fingerprint density at radius 1 is 1.18 bits per heavy atom. The molecule has 0 radical (unpaired) electrons. The van der Waals surface area contributed by atoms with Crippen molar-refractivity contribution >= 4 is 28.3 Å². The summed E-state index contributed by atoms with van der Waals surface area (Å²) in [5.74, 6) is 0.470. The molecular weight excluding hydrogens is 294 g/mol. The molecule has 0 amide bonds. The van der Waals surface area contributed by atoms with E-state index in [-0.39, 0.29) is 11.8 Å². The standard InChI is InChI=1S/C17H17N3OS/c1-12(2)20-11-18-19-17(20)22-10-16(21)15-8-7-13-5-3-4-6-14(13)9-15/h3-9,11-12H,10H2,1-2H3. The van der Waals surface area contributed by atoms with Crippen molar-refractivity contribution in [3.8, 4) is 0 Å². The van der Waals surface area contributed by atoms with E-state index in [1.807, 2.05) is 47.0 Å². The van der Waals surface area contributed by atoms with Crippen LogP contribution in [0.3, 0.4) is 0 Å². The number of carbonyl (C=O) groups is 1. The Morgan fingerprint density at radius 2 is 1.95 bits per heavy atom. The van der Waals surface area contributed by atoms with Gasteiger partial charge in [0.05, 0.1) is 5.75 Å². The molecule has 0 aliphatic heterocycles. The minimum atomic E-state index is 0.106. The summed E-state index contributed by atoms with van der Waals surface area (Å²) in [4.78, 5) is 12.4. The number of aromatic nitrogens is 3. The van der Waals surface area contributed by atoms with Gasteiger partial charge in [-0.15, -0.1) is 10.2 Å². The molecule has 0 N–H and O–H groups in total. The molecule has 1 heterocycles. The van der Waals surface area contributed by atoms with Crippen LogP contribution in [-0.4, -0.2) is 26.3 Å². The van der Waals surface area contributed by atoms with E-state index >= 15 is 0 Å². The van der Waals surface area contributed by atoms with Crippen molar-refractivity contribution in [3.63, 3.8) is 0 Å². The molecule has 3 aromatic rings. The van der Waals surface area contributed by atoms with Crippen molar-refractivity contribution in [1.82, 2.24) is 14.8 Å². The Bertz CT molecular complexity index is 810. The zero-order chi connectivity index (χ0) is 15.5. The molecule has 22 heavy (non-hydrogen) atoms. The molecule has 2 aromatic carbocycles. The number of ketones is 1. The van der Waals surface area contributed by atoms with Gasteiger partial charge in [0.2, 0.25) is 0 Å². The molecule has 0 saturated heterocycles. The highest BCUT2D eigenvalue weighted by Crippen LogP contribution is 2.21. The van der Waals surface area contributed by atoms with Gasteiger partial charge < -0.3 is 4.57 Å². The number of Topliss-reactive ketones (excluding diaryl/α,β-unsaturated/α-hetero) is 1. The lowest BCUT2D eigenvalue weighted by Gasteiger charge is -2.09. The third-order valence-corrected chi connectivity index (χ3v) is 4.46. The van der Waals surface area contributed by atoms with Crippen LogP contribution in [0.25, 0.3) is 10.8 Å². The Kier molecular flexibility index (Phi) is 4.24. The third-order valence-electron chi connectivity index (χ3n) is 3.50. The Labute approximate surface area is 133 Å². The Hall–Kier alpha value is -2.14. The first-order chi connectivity index (χ1) is 10.6. The molecule has 0 fully saturated rings. The van der Waals surface area contributed by atoms with Crippen molar-refractivity contribution in [2.24, 2.45) is 0 Å². The number of nitrogens with zero attached hydrogens (tertiary/aromatic N) is 3. The fraction of sp³-hybridized carbons (Fsp3) is 0.235. The van der Waals surface area contributed by atoms with Crippen LogP contribution in [0.15, 0.2) is 53.9 Å². The van der Waals surface area contributed by atoms with E-state index in [1.165, 1.54) is 11.8 Å². The molecule has 0 spiro atoms. The van der Waals surface area contributed by atoms with E-state index in [0.717, 1.165) is 21.5 Å². The van der Waals surface area contributed by atoms with Gasteiger partial charge in [-0.25, -0.2) is 0 Å². The summed E-state index contributed by atoms with van der Waals surface area (Å²) in [7, 11) is 0. The molecule has 0 atom stereocenters. The molecule has 3 rings (SSSR count). The van der Waals surface area contributed by atoms with Crippen molar-refractivity contribution in [1.29, 1.82) is 0 Å². The van der Waals surface area contributed by atoms with Crippen LogP contribution < -0.4 is 0 Å². The van der Waals surface area contributed by atoms with E-state index in [2.05, 4.69) is 24.0 Å². The average Bonchev–Trinajstić information content (AvgIpc) is 3.01. The second kappa shape index (κ2) is 6.32. The highest BCUT2D eigenvalue weighted by Gasteiger charge is 2.12. The quantitative estimate of drug-likeness (QED) is 0.528. The largest absolute Gasteiger partial charge is 0.306 e. The number of thioether (sulfide) groups is 1. The van der Waals surface area contributed by atoms with Gasteiger partial charge in [-0.05, 0) is 30.7 Å². The number of carbonyl (C=O) groups excluding carboxylic acids is 1. The minimum Gasteiger partial charge on any atom is -0.306 e. The molecular formula is C17H17N3OS. The average molecular weight is 311 g/mol. The van der Waals surface area contributed by atoms with E-state index in [0.29, 0.717) is 5.75 Å². The summed E-state index contributed by atoms with van der Waals surface area (Å²) < 4.78 is 1.97. The zero-order valence-electron chi connectivity index (χ0n) is 12.6. The van der Waals surface area contributed by atoms with Gasteiger partial charge in [-0.2, -0.15) is 0 Å². The van der Waals surface area contributed by atoms with Crippen LogP contribution in [0.5, 0.6) is 0 Å². The molecule has 0 aliphatic rings. The molecule has 0 unspecified atom stereocenters. The fourth-order valence-electron chi connectivity index (χ4n) is 2.27. The minimum absolute atomic E-state index is 0.106. The maximum Gasteiger partial charge on any atom is 0.191 e. The van der Waals surface area contributed by atoms with E-state index < -0.39 is 0 Å². The van der Waals surface area contributed by atoms with Crippen molar-refractivity contribution in [3.05, 3.63) is 54.4 Å². The predicted molar refractivity (Wildman–Crippen MR) is 89.4 cm³/mol. The summed E-state index contributed by atoms with van der Waals surface area (Å²) in [6.07, 6.45) is 1.70. The third kappa shape index (κ3) is 3.04. The van der Waals surface area contributed by atoms with Gasteiger partial charge in [0.25, 0.3) is 0 Å². The van der Waals surface area contributed by atoms with Gasteiger partial charge >= 0.3 is 0 Å². The first kappa shape index (κ1) is 14.8. The van der Waals surface area contributed by atoms with Crippen LogP contribution >= 0.6 is 11.8 Å². The van der Waals surface area contributed by atoms with Crippen molar-refractivity contribution < 1.29 is 4.79 Å². The monoisotopic (exact) mass is 311 g/mol. The van der Waals surface area contributed by atoms with Crippen LogP contribution in [0.1, 0.15) is 30.2 Å². The Morgan fingerprint density at radius 3 is 2.73 bits per heavy atom. The molecule has 112 valence electrons. The van der Waals surface area contributed by atoms with Gasteiger partial charge in [0.1, 0.15) is 6.33 Å². The normalized spacial score (nSPS) is 11.2. The summed E-state index contributed by atoms with van der Waals surface area (Å²) in [5.41, 5.74) is 0.738. The smallest absolute Gasteiger partial charge is 0.191 e. The second-order valence-electron chi connectivity index (χ2n) is 5.39. The van der Waals surface area contributed by atoms with E-state index in [4.69, 9.17) is 0 Å². The summed E-state index contributed by atoms with van der Waals surface area (Å²) in [5, 5.41) is 11.0. The number of rotatable bonds is 5. The van der Waals surface area contributed by atoms with Gasteiger partial charge in [0, 0.05) is 11.6 Å². The lowest BCUT2D eigenvalue weighted by atomic mass is 10.1. The maximum absolute atomic E-state index is 12.4. The molecule has 0 saturated carbocycles. The molecule has 4 nitrogen and oxygen atoms in total. The van der Waals surface area contributed by atoms with E-state index in [1.54, 1.807) is 6.33 Å². The van der Waals surface area contributed by atoms with Gasteiger partial charge in [0.15, 0.2) is 10.9 Å². The predicted octanol–water partition coefficient (Wildman–Crippen LogP) is 3.99. The Balaban J connectivity index is 1.74. The first-order valence-electron chi connectivity index (χ1n) is 7.19. The summed E-state index contributed by atoms with van der Waals surface area (Å²) >= 11 is 1.43. The number of hydrogen-bond donors (Lipinski definition) is 0.